The largest absolute Gasteiger partial charge is 0.240 e. The Balaban J connectivity index is 1.93. The van der Waals surface area contributed by atoms with Gasteiger partial charge in [-0.25, -0.2) is 13.1 Å². The van der Waals surface area contributed by atoms with Gasteiger partial charge in [-0.15, -0.1) is 0 Å². The smallest absolute Gasteiger partial charge is 0.211 e. The lowest BCUT2D eigenvalue weighted by Gasteiger charge is -2.09. The maximum Gasteiger partial charge on any atom is 0.240 e. The van der Waals surface area contributed by atoms with E-state index in [1.807, 2.05) is 6.07 Å². The fraction of sp³-hybridized carbons (Fsp3) is 0.278. The highest BCUT2D eigenvalue weighted by Gasteiger charge is 2.13. The van der Waals surface area contributed by atoms with E-state index in [0.717, 1.165) is 12.8 Å². The van der Waals surface area contributed by atoms with Gasteiger partial charge in [-0.2, -0.15) is 5.26 Å². The van der Waals surface area contributed by atoms with Gasteiger partial charge >= 0.3 is 0 Å². The summed E-state index contributed by atoms with van der Waals surface area (Å²) in [6.07, 6.45) is 1.55. The molecule has 0 heterocycles. The second-order valence-electron chi connectivity index (χ2n) is 5.57. The van der Waals surface area contributed by atoms with Crippen LogP contribution in [0.25, 0.3) is 0 Å². The van der Waals surface area contributed by atoms with Gasteiger partial charge in [0.25, 0.3) is 0 Å². The maximum atomic E-state index is 12.2. The first-order chi connectivity index (χ1) is 10.9. The Hall–Kier alpha value is -2.16. The minimum absolute atomic E-state index is 0.128. The van der Waals surface area contributed by atoms with Crippen LogP contribution in [0.15, 0.2) is 47.4 Å². The van der Waals surface area contributed by atoms with Gasteiger partial charge in [0, 0.05) is 6.54 Å². The van der Waals surface area contributed by atoms with Crippen molar-refractivity contribution in [2.24, 2.45) is 0 Å². The average Bonchev–Trinajstić information content (AvgIpc) is 2.53. The molecule has 4 nitrogen and oxygen atoms in total. The molecule has 0 unspecified atom stereocenters. The third kappa shape index (κ3) is 4.65. The molecule has 5 heteroatoms. The van der Waals surface area contributed by atoms with Crippen molar-refractivity contribution in [1.29, 1.82) is 5.26 Å². The first kappa shape index (κ1) is 17.2. The molecule has 2 aromatic carbocycles. The maximum absolute atomic E-state index is 12.2. The molecule has 2 aromatic rings. The van der Waals surface area contributed by atoms with Crippen molar-refractivity contribution >= 4 is 10.0 Å². The van der Waals surface area contributed by atoms with Crippen LogP contribution in [0.4, 0.5) is 0 Å². The molecule has 0 spiro atoms. The molecule has 1 N–H and O–H groups in total. The van der Waals surface area contributed by atoms with E-state index in [2.05, 4.69) is 36.8 Å². The molecule has 0 aliphatic heterocycles. The van der Waals surface area contributed by atoms with Crippen LogP contribution in [-0.4, -0.2) is 15.0 Å². The van der Waals surface area contributed by atoms with Crippen LogP contribution in [0.1, 0.15) is 28.7 Å². The molecule has 0 saturated heterocycles. The molecule has 0 aliphatic carbocycles. The van der Waals surface area contributed by atoms with Gasteiger partial charge in [0.2, 0.25) is 10.0 Å². The highest BCUT2D eigenvalue weighted by Crippen LogP contribution is 2.13. The molecule has 0 aromatic heterocycles. The average molecular weight is 328 g/mol. The van der Waals surface area contributed by atoms with Crippen LogP contribution < -0.4 is 4.72 Å². The monoisotopic (exact) mass is 328 g/mol. The number of hydrogen-bond donors (Lipinski definition) is 1. The summed E-state index contributed by atoms with van der Waals surface area (Å²) in [5, 5.41) is 8.85. The Labute approximate surface area is 137 Å². The van der Waals surface area contributed by atoms with E-state index < -0.39 is 10.0 Å². The molecule has 0 fully saturated rings. The number of rotatable bonds is 6. The third-order valence-corrected chi connectivity index (χ3v) is 5.15. The Kier molecular flexibility index (Phi) is 5.54. The summed E-state index contributed by atoms with van der Waals surface area (Å²) in [7, 11) is -3.57. The molecule has 0 amide bonds. The highest BCUT2D eigenvalue weighted by atomic mass is 32.2. The van der Waals surface area contributed by atoms with Crippen LogP contribution in [0, 0.1) is 25.2 Å². The van der Waals surface area contributed by atoms with Crippen molar-refractivity contribution in [3.8, 4) is 6.07 Å². The number of nitrogens with one attached hydrogen (secondary N) is 1. The van der Waals surface area contributed by atoms with Gasteiger partial charge in [-0.1, -0.05) is 29.8 Å². The molecule has 0 saturated carbocycles. The summed E-state index contributed by atoms with van der Waals surface area (Å²) < 4.78 is 27.0. The summed E-state index contributed by atoms with van der Waals surface area (Å²) >= 11 is 0. The zero-order valence-electron chi connectivity index (χ0n) is 13.3. The summed E-state index contributed by atoms with van der Waals surface area (Å²) in [6, 6.07) is 14.3. The normalized spacial score (nSPS) is 11.2. The minimum Gasteiger partial charge on any atom is -0.211 e. The van der Waals surface area contributed by atoms with E-state index in [4.69, 9.17) is 5.26 Å². The second kappa shape index (κ2) is 7.40. The van der Waals surface area contributed by atoms with E-state index >= 15 is 0 Å². The Morgan fingerprint density at radius 2 is 1.91 bits per heavy atom. The summed E-state index contributed by atoms with van der Waals surface area (Å²) in [5.41, 5.74) is 4.03. The third-order valence-electron chi connectivity index (χ3n) is 3.69. The summed E-state index contributed by atoms with van der Waals surface area (Å²) in [6.45, 7) is 4.49. The number of nitriles is 1. The molecular formula is C18H20N2O2S. The fourth-order valence-electron chi connectivity index (χ4n) is 2.43. The topological polar surface area (TPSA) is 70.0 Å². The molecule has 23 heavy (non-hydrogen) atoms. The predicted molar refractivity (Wildman–Crippen MR) is 90.6 cm³/mol. The standard InChI is InChI=1S/C18H20N2O2S/c1-14-8-9-17(15(2)11-14)6-4-10-20-23(21,22)18-7-3-5-16(12-18)13-19/h3,5,7-9,11-12,20H,4,6,10H2,1-2H3. The van der Waals surface area contributed by atoms with Gasteiger partial charge in [-0.3, -0.25) is 0 Å². The van der Waals surface area contributed by atoms with E-state index in [-0.39, 0.29) is 4.90 Å². The molecule has 0 radical (unpaired) electrons. The lowest BCUT2D eigenvalue weighted by molar-refractivity contribution is 0.579. The van der Waals surface area contributed by atoms with E-state index in [1.165, 1.54) is 28.8 Å². The fourth-order valence-corrected chi connectivity index (χ4v) is 3.55. The van der Waals surface area contributed by atoms with E-state index in [9.17, 15) is 8.42 Å². The second-order valence-corrected chi connectivity index (χ2v) is 7.34. The molecule has 0 atom stereocenters. The molecular weight excluding hydrogens is 308 g/mol. The predicted octanol–water partition coefficient (Wildman–Crippen LogP) is 3.09. The van der Waals surface area contributed by atoms with Crippen molar-refractivity contribution in [2.45, 2.75) is 31.6 Å². The Morgan fingerprint density at radius 3 is 2.61 bits per heavy atom. The molecule has 0 bridgehead atoms. The quantitative estimate of drug-likeness (QED) is 0.828. The van der Waals surface area contributed by atoms with Crippen LogP contribution in [0.5, 0.6) is 0 Å². The number of benzene rings is 2. The zero-order valence-corrected chi connectivity index (χ0v) is 14.2. The molecule has 0 aliphatic rings. The van der Waals surface area contributed by atoms with Gasteiger partial charge in [0.05, 0.1) is 16.5 Å². The summed E-state index contributed by atoms with van der Waals surface area (Å²) in [4.78, 5) is 0.128. The van der Waals surface area contributed by atoms with Crippen molar-refractivity contribution in [3.05, 3.63) is 64.7 Å². The summed E-state index contributed by atoms with van der Waals surface area (Å²) in [5.74, 6) is 0. The number of sulfonamides is 1. The van der Waals surface area contributed by atoms with Crippen LogP contribution >= 0.6 is 0 Å². The van der Waals surface area contributed by atoms with E-state index in [1.54, 1.807) is 12.1 Å². The first-order valence-corrected chi connectivity index (χ1v) is 8.96. The Morgan fingerprint density at radius 1 is 1.13 bits per heavy atom. The molecule has 2 rings (SSSR count). The highest BCUT2D eigenvalue weighted by molar-refractivity contribution is 7.89. The van der Waals surface area contributed by atoms with Crippen molar-refractivity contribution in [2.75, 3.05) is 6.54 Å². The van der Waals surface area contributed by atoms with E-state index in [0.29, 0.717) is 12.1 Å². The number of hydrogen-bond acceptors (Lipinski definition) is 3. The van der Waals surface area contributed by atoms with Gasteiger partial charge in [0.15, 0.2) is 0 Å². The lowest BCUT2D eigenvalue weighted by Crippen LogP contribution is -2.25. The van der Waals surface area contributed by atoms with Crippen LogP contribution in [-0.2, 0) is 16.4 Å². The zero-order chi connectivity index (χ0) is 16.9. The van der Waals surface area contributed by atoms with Crippen molar-refractivity contribution in [3.63, 3.8) is 0 Å². The first-order valence-electron chi connectivity index (χ1n) is 7.48. The molecule has 120 valence electrons. The van der Waals surface area contributed by atoms with Crippen molar-refractivity contribution in [1.82, 2.24) is 4.72 Å². The van der Waals surface area contributed by atoms with Crippen LogP contribution in [0.3, 0.4) is 0 Å². The van der Waals surface area contributed by atoms with Crippen LogP contribution in [0.2, 0.25) is 0 Å². The van der Waals surface area contributed by atoms with Gasteiger partial charge < -0.3 is 0 Å². The van der Waals surface area contributed by atoms with Gasteiger partial charge in [0.1, 0.15) is 0 Å². The number of nitrogens with zero attached hydrogens (tertiary/aromatic N) is 1. The SMILES string of the molecule is Cc1ccc(CCCNS(=O)(=O)c2cccc(C#N)c2)c(C)c1. The Bertz CT molecular complexity index is 836. The van der Waals surface area contributed by atoms with Gasteiger partial charge in [-0.05, 0) is 56.0 Å². The van der Waals surface area contributed by atoms with Crippen molar-refractivity contribution < 1.29 is 8.42 Å². The minimum atomic E-state index is -3.57. The number of aryl methyl sites for hydroxylation is 3. The lowest BCUT2D eigenvalue weighted by atomic mass is 10.0.